The number of cyclic esters (lactones) is 2. The van der Waals surface area contributed by atoms with Crippen molar-refractivity contribution >= 4 is 17.9 Å². The number of carbonyl (C=O) groups excluding carboxylic acids is 2. The van der Waals surface area contributed by atoms with Gasteiger partial charge in [-0.3, -0.25) is 14.4 Å². The van der Waals surface area contributed by atoms with Crippen molar-refractivity contribution in [1.29, 1.82) is 0 Å². The van der Waals surface area contributed by atoms with Gasteiger partial charge in [-0.05, 0) is 24.7 Å². The van der Waals surface area contributed by atoms with Gasteiger partial charge in [-0.1, -0.05) is 0 Å². The van der Waals surface area contributed by atoms with E-state index in [9.17, 15) is 14.4 Å². The summed E-state index contributed by atoms with van der Waals surface area (Å²) in [5, 5.41) is 8.97. The molecule has 2 saturated carbocycles. The molecule has 5 unspecified atom stereocenters. The topological polar surface area (TPSA) is 80.7 Å². The van der Waals surface area contributed by atoms with Gasteiger partial charge in [0.25, 0.3) is 0 Å². The Morgan fingerprint density at radius 1 is 1.20 bits per heavy atom. The lowest BCUT2D eigenvalue weighted by Gasteiger charge is -2.24. The average molecular weight is 210 g/mol. The monoisotopic (exact) mass is 210 g/mol. The van der Waals surface area contributed by atoms with Gasteiger partial charge < -0.3 is 9.84 Å². The number of carboxylic acids is 1. The van der Waals surface area contributed by atoms with Gasteiger partial charge in [-0.15, -0.1) is 0 Å². The molecule has 3 aliphatic rings. The highest BCUT2D eigenvalue weighted by Gasteiger charge is 2.64. The van der Waals surface area contributed by atoms with E-state index < -0.39 is 29.7 Å². The van der Waals surface area contributed by atoms with Crippen LogP contribution >= 0.6 is 0 Å². The first-order chi connectivity index (χ1) is 7.09. The number of hydrogen-bond donors (Lipinski definition) is 1. The molecule has 0 aromatic heterocycles. The van der Waals surface area contributed by atoms with Crippen molar-refractivity contribution < 1.29 is 24.2 Å². The first kappa shape index (κ1) is 8.88. The van der Waals surface area contributed by atoms with Gasteiger partial charge in [0.2, 0.25) is 0 Å². The van der Waals surface area contributed by atoms with Crippen molar-refractivity contribution in [2.45, 2.75) is 12.8 Å². The number of carboxylic acid groups (broad SMARTS) is 1. The van der Waals surface area contributed by atoms with Crippen LogP contribution in [-0.2, 0) is 19.1 Å². The molecule has 0 amide bonds. The molecule has 0 aromatic carbocycles. The van der Waals surface area contributed by atoms with E-state index in [4.69, 9.17) is 5.11 Å². The van der Waals surface area contributed by atoms with Crippen LogP contribution in [0.2, 0.25) is 0 Å². The van der Waals surface area contributed by atoms with Gasteiger partial charge in [0, 0.05) is 0 Å². The average Bonchev–Trinajstić information content (AvgIpc) is 2.77. The zero-order chi connectivity index (χ0) is 10.7. The van der Waals surface area contributed by atoms with Crippen molar-refractivity contribution in [3.05, 3.63) is 0 Å². The van der Waals surface area contributed by atoms with Gasteiger partial charge >= 0.3 is 17.9 Å². The molecule has 5 atom stereocenters. The predicted octanol–water partition coefficient (Wildman–Crippen LogP) is 0.0428. The highest BCUT2D eigenvalue weighted by Crippen LogP contribution is 2.58. The largest absolute Gasteiger partial charge is 0.481 e. The summed E-state index contributed by atoms with van der Waals surface area (Å²) in [6.45, 7) is 0. The first-order valence-electron chi connectivity index (χ1n) is 5.08. The lowest BCUT2D eigenvalue weighted by Crippen LogP contribution is -2.33. The molecule has 5 nitrogen and oxygen atoms in total. The summed E-state index contributed by atoms with van der Waals surface area (Å²) in [5.41, 5.74) is 0. The number of rotatable bonds is 1. The Morgan fingerprint density at radius 2 is 1.87 bits per heavy atom. The van der Waals surface area contributed by atoms with Crippen LogP contribution in [-0.4, -0.2) is 23.0 Å². The molecule has 0 radical (unpaired) electrons. The fraction of sp³-hybridized carbons (Fsp3) is 0.700. The molecule has 3 fully saturated rings. The lowest BCUT2D eigenvalue weighted by atomic mass is 9.75. The molecule has 1 aliphatic heterocycles. The second-order valence-electron chi connectivity index (χ2n) is 4.63. The lowest BCUT2D eigenvalue weighted by molar-refractivity contribution is -0.154. The highest BCUT2D eigenvalue weighted by atomic mass is 16.6. The summed E-state index contributed by atoms with van der Waals surface area (Å²) in [5.74, 6) is -3.24. The Kier molecular flexibility index (Phi) is 1.53. The summed E-state index contributed by atoms with van der Waals surface area (Å²) in [4.78, 5) is 33.7. The van der Waals surface area contributed by atoms with E-state index in [0.717, 1.165) is 0 Å². The second-order valence-corrected chi connectivity index (χ2v) is 4.63. The van der Waals surface area contributed by atoms with Crippen LogP contribution in [0.3, 0.4) is 0 Å². The van der Waals surface area contributed by atoms with E-state index in [0.29, 0.717) is 12.8 Å². The molecular formula is C10H10O5. The zero-order valence-electron chi connectivity index (χ0n) is 7.88. The molecule has 1 heterocycles. The van der Waals surface area contributed by atoms with Crippen LogP contribution in [0.4, 0.5) is 0 Å². The van der Waals surface area contributed by atoms with Gasteiger partial charge in [0.15, 0.2) is 0 Å². The molecule has 3 rings (SSSR count). The third kappa shape index (κ3) is 0.952. The third-order valence-electron chi connectivity index (χ3n) is 4.07. The van der Waals surface area contributed by atoms with E-state index in [1.165, 1.54) is 0 Å². The van der Waals surface area contributed by atoms with Crippen molar-refractivity contribution in [2.24, 2.45) is 29.6 Å². The number of fused-ring (bicyclic) bond motifs is 5. The minimum atomic E-state index is -0.854. The maximum absolute atomic E-state index is 11.4. The van der Waals surface area contributed by atoms with Gasteiger partial charge in [-0.25, -0.2) is 0 Å². The molecule has 15 heavy (non-hydrogen) atoms. The molecule has 5 heteroatoms. The first-order valence-corrected chi connectivity index (χ1v) is 5.08. The highest BCUT2D eigenvalue weighted by molar-refractivity contribution is 5.98. The number of aliphatic carboxylic acids is 1. The molecule has 2 aliphatic carbocycles. The third-order valence-corrected chi connectivity index (χ3v) is 4.07. The fourth-order valence-electron chi connectivity index (χ4n) is 3.54. The maximum Gasteiger partial charge on any atom is 0.317 e. The molecule has 0 spiro atoms. The quantitative estimate of drug-likeness (QED) is 0.488. The summed E-state index contributed by atoms with van der Waals surface area (Å²) in [6, 6.07) is 0. The second kappa shape index (κ2) is 2.59. The van der Waals surface area contributed by atoms with E-state index in [2.05, 4.69) is 4.74 Å². The number of hydrogen-bond acceptors (Lipinski definition) is 4. The Bertz CT molecular complexity index is 374. The Morgan fingerprint density at radius 3 is 2.53 bits per heavy atom. The fourth-order valence-corrected chi connectivity index (χ4v) is 3.54. The summed E-state index contributed by atoms with van der Waals surface area (Å²) in [7, 11) is 0. The molecule has 80 valence electrons. The van der Waals surface area contributed by atoms with Crippen LogP contribution in [0.5, 0.6) is 0 Å². The van der Waals surface area contributed by atoms with Crippen molar-refractivity contribution in [1.82, 2.24) is 0 Å². The van der Waals surface area contributed by atoms with Crippen molar-refractivity contribution in [3.8, 4) is 0 Å². The van der Waals surface area contributed by atoms with E-state index in [1.807, 2.05) is 0 Å². The Hall–Kier alpha value is -1.39. The predicted molar refractivity (Wildman–Crippen MR) is 45.4 cm³/mol. The number of ether oxygens (including phenoxy) is 1. The van der Waals surface area contributed by atoms with Crippen LogP contribution in [0, 0.1) is 29.6 Å². The van der Waals surface area contributed by atoms with E-state index in [-0.39, 0.29) is 17.8 Å². The molecule has 2 bridgehead atoms. The van der Waals surface area contributed by atoms with E-state index >= 15 is 0 Å². The van der Waals surface area contributed by atoms with Crippen LogP contribution < -0.4 is 0 Å². The van der Waals surface area contributed by atoms with E-state index in [1.54, 1.807) is 0 Å². The molecule has 1 saturated heterocycles. The summed E-state index contributed by atoms with van der Waals surface area (Å²) < 4.78 is 4.57. The van der Waals surface area contributed by atoms with Crippen molar-refractivity contribution in [3.63, 3.8) is 0 Å². The van der Waals surface area contributed by atoms with Crippen LogP contribution in [0.1, 0.15) is 12.8 Å². The summed E-state index contributed by atoms with van der Waals surface area (Å²) in [6.07, 6.45) is 1.21. The van der Waals surface area contributed by atoms with Crippen LogP contribution in [0.25, 0.3) is 0 Å². The number of esters is 2. The summed E-state index contributed by atoms with van der Waals surface area (Å²) >= 11 is 0. The number of carbonyl (C=O) groups is 3. The SMILES string of the molecule is O=C(O)C1CC2CC1C1C(=O)OC(=O)C21. The molecular weight excluding hydrogens is 200 g/mol. The van der Waals surface area contributed by atoms with Crippen LogP contribution in [0.15, 0.2) is 0 Å². The smallest absolute Gasteiger partial charge is 0.317 e. The molecule has 1 N–H and O–H groups in total. The van der Waals surface area contributed by atoms with Gasteiger partial charge in [0.1, 0.15) is 0 Å². The Labute approximate surface area is 85.4 Å². The molecule has 0 aromatic rings. The van der Waals surface area contributed by atoms with Gasteiger partial charge in [0.05, 0.1) is 17.8 Å². The minimum Gasteiger partial charge on any atom is -0.481 e. The normalized spacial score (nSPS) is 46.8. The maximum atomic E-state index is 11.4. The zero-order valence-corrected chi connectivity index (χ0v) is 7.88. The standard InChI is InChI=1S/C10H10O5/c11-8(12)5-2-3-1-4(5)7-6(3)9(13)15-10(7)14/h3-7H,1-2H2,(H,11,12). The Balaban J connectivity index is 1.95. The minimum absolute atomic E-state index is 0.0417. The van der Waals surface area contributed by atoms with Crippen molar-refractivity contribution in [2.75, 3.05) is 0 Å². The van der Waals surface area contributed by atoms with Gasteiger partial charge in [-0.2, -0.15) is 0 Å².